The van der Waals surface area contributed by atoms with Crippen LogP contribution in [0.5, 0.6) is 0 Å². The Bertz CT molecular complexity index is 449. The number of carbonyl (C=O) groups is 1. The van der Waals surface area contributed by atoms with Crippen molar-refractivity contribution in [2.75, 3.05) is 7.11 Å². The van der Waals surface area contributed by atoms with Gasteiger partial charge in [-0.25, -0.2) is 0 Å². The summed E-state index contributed by atoms with van der Waals surface area (Å²) in [6.07, 6.45) is 1.65. The van der Waals surface area contributed by atoms with Crippen molar-refractivity contribution in [2.24, 2.45) is 11.8 Å². The van der Waals surface area contributed by atoms with E-state index in [0.29, 0.717) is 5.92 Å². The van der Waals surface area contributed by atoms with Crippen LogP contribution in [0.25, 0.3) is 0 Å². The van der Waals surface area contributed by atoms with Gasteiger partial charge in [0.2, 0.25) is 0 Å². The molecule has 1 N–H and O–H groups in total. The second kappa shape index (κ2) is 5.74. The Balaban J connectivity index is 2.22. The number of benzene rings is 1. The molecule has 0 amide bonds. The molecule has 1 aliphatic carbocycles. The van der Waals surface area contributed by atoms with Crippen LogP contribution in [0.15, 0.2) is 24.3 Å². The molecule has 1 saturated carbocycles. The number of hydrogen-bond donors (Lipinski definition) is 1. The van der Waals surface area contributed by atoms with Crippen molar-refractivity contribution in [3.05, 3.63) is 35.4 Å². The predicted molar refractivity (Wildman–Crippen MR) is 73.7 cm³/mol. The molecule has 0 bridgehead atoms. The lowest BCUT2D eigenvalue weighted by molar-refractivity contribution is -0.152. The molecule has 2 atom stereocenters. The molecule has 3 nitrogen and oxygen atoms in total. The Kier molecular flexibility index (Phi) is 4.25. The minimum atomic E-state index is -0.800. The van der Waals surface area contributed by atoms with Crippen molar-refractivity contribution in [3.63, 3.8) is 0 Å². The van der Waals surface area contributed by atoms with Gasteiger partial charge in [0.25, 0.3) is 0 Å². The topological polar surface area (TPSA) is 46.5 Å². The lowest BCUT2D eigenvalue weighted by atomic mass is 9.86. The van der Waals surface area contributed by atoms with Gasteiger partial charge < -0.3 is 9.84 Å². The van der Waals surface area contributed by atoms with E-state index in [-0.39, 0.29) is 11.9 Å². The number of ether oxygens (including phenoxy) is 1. The summed E-state index contributed by atoms with van der Waals surface area (Å²) in [7, 11) is 1.37. The molecule has 2 unspecified atom stereocenters. The zero-order chi connectivity index (χ0) is 14.0. The van der Waals surface area contributed by atoms with Gasteiger partial charge in [-0.2, -0.15) is 0 Å². The molecule has 0 spiro atoms. The van der Waals surface area contributed by atoms with Gasteiger partial charge in [0.1, 0.15) is 0 Å². The lowest BCUT2D eigenvalue weighted by Crippen LogP contribution is -2.28. The Morgan fingerprint density at radius 1 is 1.37 bits per heavy atom. The third-order valence-electron chi connectivity index (χ3n) is 3.83. The monoisotopic (exact) mass is 262 g/mol. The van der Waals surface area contributed by atoms with Crippen LogP contribution < -0.4 is 0 Å². The summed E-state index contributed by atoms with van der Waals surface area (Å²) < 4.78 is 4.81. The molecule has 1 aromatic rings. The Labute approximate surface area is 114 Å². The molecular formula is C16H22O3. The van der Waals surface area contributed by atoms with Crippen molar-refractivity contribution in [3.8, 4) is 0 Å². The van der Waals surface area contributed by atoms with Crippen LogP contribution in [0.4, 0.5) is 0 Å². The van der Waals surface area contributed by atoms with Crippen LogP contribution in [-0.4, -0.2) is 18.2 Å². The molecule has 0 aromatic heterocycles. The highest BCUT2D eigenvalue weighted by atomic mass is 16.5. The molecule has 104 valence electrons. The summed E-state index contributed by atoms with van der Waals surface area (Å²) in [6, 6.07) is 7.97. The number of aliphatic hydroxyl groups is 1. The number of aliphatic hydroxyl groups excluding tert-OH is 1. The predicted octanol–water partition coefficient (Wildman–Crippen LogP) is 3.04. The van der Waals surface area contributed by atoms with Crippen LogP contribution >= 0.6 is 0 Å². The van der Waals surface area contributed by atoms with E-state index < -0.39 is 12.0 Å². The van der Waals surface area contributed by atoms with Gasteiger partial charge in [-0.15, -0.1) is 0 Å². The van der Waals surface area contributed by atoms with Gasteiger partial charge in [-0.1, -0.05) is 38.1 Å². The molecule has 0 heterocycles. The quantitative estimate of drug-likeness (QED) is 0.830. The van der Waals surface area contributed by atoms with Gasteiger partial charge >= 0.3 is 5.97 Å². The standard InChI is InChI=1S/C16H22O3/c1-10(2)14(16(18)19-3)15(17)13-6-4-5-12(9-13)11-7-8-11/h4-6,9-11,14-15,17H,7-8H2,1-3H3. The second-order valence-electron chi connectivity index (χ2n) is 5.68. The van der Waals surface area contributed by atoms with Crippen LogP contribution in [-0.2, 0) is 9.53 Å². The fraction of sp³-hybridized carbons (Fsp3) is 0.562. The lowest BCUT2D eigenvalue weighted by Gasteiger charge is -2.24. The zero-order valence-corrected chi connectivity index (χ0v) is 11.8. The maximum absolute atomic E-state index is 11.8. The molecule has 1 aliphatic rings. The van der Waals surface area contributed by atoms with E-state index >= 15 is 0 Å². The molecule has 2 rings (SSSR count). The van der Waals surface area contributed by atoms with E-state index in [1.807, 2.05) is 32.0 Å². The summed E-state index contributed by atoms with van der Waals surface area (Å²) in [5, 5.41) is 10.5. The van der Waals surface area contributed by atoms with E-state index in [0.717, 1.165) is 5.56 Å². The molecule has 0 radical (unpaired) electrons. The minimum Gasteiger partial charge on any atom is -0.469 e. The zero-order valence-electron chi connectivity index (χ0n) is 11.8. The molecule has 0 aliphatic heterocycles. The smallest absolute Gasteiger partial charge is 0.311 e. The molecule has 3 heteroatoms. The first-order valence-corrected chi connectivity index (χ1v) is 6.90. The molecule has 1 aromatic carbocycles. The second-order valence-corrected chi connectivity index (χ2v) is 5.68. The Hall–Kier alpha value is -1.35. The normalized spacial score (nSPS) is 18.2. The van der Waals surface area contributed by atoms with Crippen molar-refractivity contribution in [2.45, 2.75) is 38.7 Å². The SMILES string of the molecule is COC(=O)C(C(C)C)C(O)c1cccc(C2CC2)c1. The number of rotatable bonds is 5. The van der Waals surface area contributed by atoms with Gasteiger partial charge in [0.15, 0.2) is 0 Å². The summed E-state index contributed by atoms with van der Waals surface area (Å²) in [6.45, 7) is 3.85. The van der Waals surface area contributed by atoms with Crippen LogP contribution in [0, 0.1) is 11.8 Å². The average molecular weight is 262 g/mol. The van der Waals surface area contributed by atoms with Gasteiger partial charge in [-0.3, -0.25) is 4.79 Å². The Morgan fingerprint density at radius 3 is 2.58 bits per heavy atom. The van der Waals surface area contributed by atoms with Crippen molar-refractivity contribution in [1.29, 1.82) is 0 Å². The van der Waals surface area contributed by atoms with E-state index in [1.54, 1.807) is 0 Å². The van der Waals surface area contributed by atoms with Crippen molar-refractivity contribution in [1.82, 2.24) is 0 Å². The van der Waals surface area contributed by atoms with E-state index in [2.05, 4.69) is 6.07 Å². The maximum atomic E-state index is 11.8. The van der Waals surface area contributed by atoms with Gasteiger partial charge in [0, 0.05) is 0 Å². The summed E-state index contributed by atoms with van der Waals surface area (Å²) in [4.78, 5) is 11.8. The fourth-order valence-electron chi connectivity index (χ4n) is 2.52. The fourth-order valence-corrected chi connectivity index (χ4v) is 2.52. The first kappa shape index (κ1) is 14.1. The van der Waals surface area contributed by atoms with Crippen molar-refractivity contribution >= 4 is 5.97 Å². The molecule has 0 saturated heterocycles. The highest BCUT2D eigenvalue weighted by Gasteiger charge is 2.32. The van der Waals surface area contributed by atoms with E-state index in [9.17, 15) is 9.90 Å². The third kappa shape index (κ3) is 3.16. The highest BCUT2D eigenvalue weighted by molar-refractivity contribution is 5.73. The first-order valence-electron chi connectivity index (χ1n) is 6.90. The molecular weight excluding hydrogens is 240 g/mol. The van der Waals surface area contributed by atoms with Gasteiger partial charge in [-0.05, 0) is 35.8 Å². The number of hydrogen-bond acceptors (Lipinski definition) is 3. The number of carbonyl (C=O) groups excluding carboxylic acids is 1. The minimum absolute atomic E-state index is 0.0343. The van der Waals surface area contributed by atoms with Crippen LogP contribution in [0.1, 0.15) is 49.8 Å². The molecule has 1 fully saturated rings. The Morgan fingerprint density at radius 2 is 2.05 bits per heavy atom. The van der Waals surface area contributed by atoms with Crippen LogP contribution in [0.2, 0.25) is 0 Å². The number of esters is 1. The van der Waals surface area contributed by atoms with Gasteiger partial charge in [0.05, 0.1) is 19.1 Å². The first-order chi connectivity index (χ1) is 9.04. The number of methoxy groups -OCH3 is 1. The highest BCUT2D eigenvalue weighted by Crippen LogP contribution is 2.41. The van der Waals surface area contributed by atoms with Crippen molar-refractivity contribution < 1.29 is 14.6 Å². The van der Waals surface area contributed by atoms with E-state index in [1.165, 1.54) is 25.5 Å². The summed E-state index contributed by atoms with van der Waals surface area (Å²) in [5.41, 5.74) is 2.08. The van der Waals surface area contributed by atoms with Crippen LogP contribution in [0.3, 0.4) is 0 Å². The van der Waals surface area contributed by atoms with E-state index in [4.69, 9.17) is 4.74 Å². The summed E-state index contributed by atoms with van der Waals surface area (Å²) in [5.74, 6) is -0.186. The largest absolute Gasteiger partial charge is 0.469 e. The summed E-state index contributed by atoms with van der Waals surface area (Å²) >= 11 is 0. The maximum Gasteiger partial charge on any atom is 0.311 e. The third-order valence-corrected chi connectivity index (χ3v) is 3.83. The molecule has 19 heavy (non-hydrogen) atoms. The average Bonchev–Trinajstić information content (AvgIpc) is 3.22.